The van der Waals surface area contributed by atoms with E-state index >= 15 is 0 Å². The first-order valence-corrected chi connectivity index (χ1v) is 64.5. The summed E-state index contributed by atoms with van der Waals surface area (Å²) in [5, 5.41) is 115. The highest BCUT2D eigenvalue weighted by atomic mass is 16.3. The van der Waals surface area contributed by atoms with Crippen molar-refractivity contribution in [2.45, 2.75) is 686 Å². The van der Waals surface area contributed by atoms with Crippen LogP contribution in [0.4, 0.5) is 0 Å². The zero-order valence-corrected chi connectivity index (χ0v) is 106. The van der Waals surface area contributed by atoms with Gasteiger partial charge in [-0.3, -0.25) is 9.59 Å². The fraction of sp³-hybridized carbons (Fsp3) is 0.985. The first-order chi connectivity index (χ1) is 69.2. The zero-order valence-electron chi connectivity index (χ0n) is 106. The summed E-state index contributed by atoms with van der Waals surface area (Å²) in [7, 11) is 0. The van der Waals surface area contributed by atoms with E-state index in [1.54, 1.807) is 0 Å². The molecule has 15 aliphatic rings. The molecule has 0 aromatic heterocycles. The molecule has 0 bridgehead atoms. The van der Waals surface area contributed by atoms with Gasteiger partial charge in [0.2, 0.25) is 0 Å². The molecule has 15 aliphatic carbocycles. The molecular formula is C135H266O14. The molecule has 0 aliphatic heterocycles. The van der Waals surface area contributed by atoms with Crippen molar-refractivity contribution in [2.24, 2.45) is 164 Å². The third kappa shape index (κ3) is 73.4. The van der Waals surface area contributed by atoms with Crippen LogP contribution in [0.5, 0.6) is 0 Å². The Kier molecular flexibility index (Phi) is 75.1. The Bertz CT molecular complexity index is 2970. The third-order valence-corrected chi connectivity index (χ3v) is 35.6. The first-order valence-electron chi connectivity index (χ1n) is 64.5. The van der Waals surface area contributed by atoms with Gasteiger partial charge >= 0.3 is 0 Å². The predicted octanol–water partition coefficient (Wildman–Crippen LogP) is 34.6. The van der Waals surface area contributed by atoms with Crippen molar-refractivity contribution in [1.82, 2.24) is 0 Å². The van der Waals surface area contributed by atoms with Crippen molar-refractivity contribution in [1.29, 1.82) is 0 Å². The van der Waals surface area contributed by atoms with Crippen LogP contribution in [-0.4, -0.2) is 145 Å². The van der Waals surface area contributed by atoms with Crippen molar-refractivity contribution in [3.8, 4) is 0 Å². The minimum Gasteiger partial charge on any atom is -0.393 e. The van der Waals surface area contributed by atoms with Gasteiger partial charge in [0, 0.05) is 25.2 Å². The molecule has 0 radical (unpaired) electrons. The van der Waals surface area contributed by atoms with E-state index in [-0.39, 0.29) is 83.1 Å². The highest BCUT2D eigenvalue weighted by Crippen LogP contribution is 2.45. The second kappa shape index (κ2) is 76.7. The topological polar surface area (TPSA) is 277 Å². The molecule has 149 heavy (non-hydrogen) atoms. The molecule has 0 saturated heterocycles. The van der Waals surface area contributed by atoms with E-state index in [0.717, 1.165) is 165 Å². The third-order valence-electron chi connectivity index (χ3n) is 35.6. The molecule has 0 amide bonds. The van der Waals surface area contributed by atoms with Gasteiger partial charge in [-0.25, -0.2) is 0 Å². The lowest BCUT2D eigenvalue weighted by Crippen LogP contribution is -2.32. The standard InChI is InChI=1S/2C11H22O.C10H20O.C9H18O.C9H16O.6C9H18O.2C8H16O.C8H14O.C7H14/c2*1-11(2,3)8-10(12)9-6-4-5-7-9;1-9(2)8-10(11)6-4-3-5-7-10;2*1-9(2,3)7-4-5-8(10)6-7;1-8(2)7-9(10)5-3-4-6-9;5*1-7(2)8-5-3-4-6-9(8)10;3*1-6(2)5-8(9)7-3-4-7;1-6(2)5-7-3-4-7/h2*9-10,12H,4-8H2,1-3H3;9,11H,3-8H2,1-2H3;7-8,10H,4-6H2,1-3H3;7H,4-6H2,1-3H3;8,10H,3-7H2,1-2H3;5*7-10H,3-6H2,1-2H3;2*6-9H,3-5H2,1-2H3;6-7H,3-5H2,1-2H3;6-7H,3-5H2,1-2H3/t2*10-;;;;;2*8-,9+;2*8-,9-;;2*8-;;/m10....1010.10../s1. The predicted molar refractivity (Wildman–Crippen MR) is 639 cm³/mol. The van der Waals surface area contributed by atoms with Crippen LogP contribution in [0.1, 0.15) is 614 Å². The number of carbonyl (C=O) groups is 2. The summed E-state index contributed by atoms with van der Waals surface area (Å²) in [4.78, 5) is 21.9. The van der Waals surface area contributed by atoms with Gasteiger partial charge in [-0.15, -0.1) is 0 Å². The van der Waals surface area contributed by atoms with Crippen LogP contribution in [0.2, 0.25) is 0 Å². The molecule has 0 aromatic carbocycles. The van der Waals surface area contributed by atoms with Crippen molar-refractivity contribution >= 4 is 11.6 Å². The van der Waals surface area contributed by atoms with Gasteiger partial charge in [-0.2, -0.15) is 0 Å². The molecule has 14 heteroatoms. The van der Waals surface area contributed by atoms with Crippen LogP contribution in [-0.2, 0) is 9.59 Å². The fourth-order valence-electron chi connectivity index (χ4n) is 25.6. The molecule has 14 nitrogen and oxygen atoms in total. The molecule has 15 fully saturated rings. The van der Waals surface area contributed by atoms with Gasteiger partial charge in [0.15, 0.2) is 0 Å². The summed E-state index contributed by atoms with van der Waals surface area (Å²) in [5.41, 5.74) is 0.717. The molecular weight excluding hydrogens is 1850 g/mol. The smallest absolute Gasteiger partial charge is 0.136 e. The Hall–Kier alpha value is -1.14. The SMILES string of the molecule is CC(C)(C)C1CCC(=O)C1.CC(C)(C)C1CCC(O)C1.CC(C)(C)C[C@@H](O)C1CCCC1.CC(C)(C)C[C@H](O)C1CCCC1.CC(C)C1CCCCC1O.CC(C)CC(=O)C1CC1.CC(C)CC1(O)CCCC1.CC(C)CC1(O)CCCCC1.CC(C)CC1CC1.CC(C)C[C@@H](O)C1CC1.CC(C)C[C@H](O)C1CC1.CC(C)[C@@H]1CCCC[C@@H]1O.CC(C)[C@@H]1CCCC[C@H]1O.CC(C)[C@H]1CCCC[C@@H]1O.CC(C)[C@H]1CCCC[C@H]1O. The molecule has 0 aromatic rings. The van der Waals surface area contributed by atoms with Crippen LogP contribution in [0.25, 0.3) is 0 Å². The largest absolute Gasteiger partial charge is 0.393 e. The number of carbonyl (C=O) groups excluding carboxylic acids is 2. The average molecular weight is 2110 g/mol. The van der Waals surface area contributed by atoms with E-state index < -0.39 is 0 Å². The number of rotatable bonds is 24. The minimum absolute atomic E-state index is 0.00463. The summed E-state index contributed by atoms with van der Waals surface area (Å²) in [5.74, 6) is 16.7. The molecule has 0 heterocycles. The van der Waals surface area contributed by atoms with E-state index in [9.17, 15) is 70.9 Å². The number of aliphatic hydroxyl groups excluding tert-OH is 10. The second-order valence-electron chi connectivity index (χ2n) is 60.3. The monoisotopic (exact) mass is 2110 g/mol. The lowest BCUT2D eigenvalue weighted by molar-refractivity contribution is -0.121. The van der Waals surface area contributed by atoms with Crippen molar-refractivity contribution < 1.29 is 70.9 Å². The molecule has 15 saturated carbocycles. The Labute approximate surface area is 926 Å². The Morgan fingerprint density at radius 1 is 0.295 bits per heavy atom. The van der Waals surface area contributed by atoms with E-state index in [1.165, 1.54) is 231 Å². The van der Waals surface area contributed by atoms with Gasteiger partial charge in [-0.05, 0) is 383 Å². The Balaban J connectivity index is 0.000000799. The summed E-state index contributed by atoms with van der Waals surface area (Å²) in [6, 6.07) is 0. The quantitative estimate of drug-likeness (QED) is 0.0428. The molecule has 0 spiro atoms. The molecule has 12 N–H and O–H groups in total. The number of hydrogen-bond donors (Lipinski definition) is 12. The average Bonchev–Trinajstić information content (AvgIpc) is 1.80. The summed E-state index contributed by atoms with van der Waals surface area (Å²) < 4.78 is 0. The zero-order chi connectivity index (χ0) is 114. The minimum atomic E-state index is -0.299. The summed E-state index contributed by atoms with van der Waals surface area (Å²) >= 11 is 0. The van der Waals surface area contributed by atoms with E-state index in [4.69, 9.17) is 0 Å². The van der Waals surface area contributed by atoms with Gasteiger partial charge in [-0.1, -0.05) is 370 Å². The number of aliphatic hydroxyl groups is 12. The molecule has 5 unspecified atom stereocenters. The van der Waals surface area contributed by atoms with Crippen LogP contribution in [0.3, 0.4) is 0 Å². The maximum atomic E-state index is 11.0. The maximum Gasteiger partial charge on any atom is 0.136 e. The second-order valence-corrected chi connectivity index (χ2v) is 60.3. The molecule has 15 rings (SSSR count). The van der Waals surface area contributed by atoms with E-state index in [2.05, 4.69) is 235 Å². The first kappa shape index (κ1) is 146. The normalized spacial score (nSPS) is 27.8. The van der Waals surface area contributed by atoms with Crippen LogP contribution in [0, 0.1) is 164 Å². The van der Waals surface area contributed by atoms with Crippen LogP contribution in [0.15, 0.2) is 0 Å². The maximum absolute atomic E-state index is 11.0. The number of ketones is 2. The van der Waals surface area contributed by atoms with Crippen molar-refractivity contribution in [2.75, 3.05) is 0 Å². The number of Topliss-reactive ketones (excluding diaryl/α,β-unsaturated/α-hetero) is 2. The van der Waals surface area contributed by atoms with E-state index in [1.807, 2.05) is 0 Å². The van der Waals surface area contributed by atoms with Crippen LogP contribution >= 0.6 is 0 Å². The Morgan fingerprint density at radius 3 is 0.745 bits per heavy atom. The van der Waals surface area contributed by atoms with Gasteiger partial charge in [0.1, 0.15) is 11.6 Å². The van der Waals surface area contributed by atoms with Gasteiger partial charge in [0.05, 0.1) is 72.2 Å². The van der Waals surface area contributed by atoms with Crippen LogP contribution < -0.4 is 0 Å². The van der Waals surface area contributed by atoms with E-state index in [0.29, 0.717) is 147 Å². The highest BCUT2D eigenvalue weighted by molar-refractivity contribution is 5.83. The summed E-state index contributed by atoms with van der Waals surface area (Å²) in [6.45, 7) is 74.9. The van der Waals surface area contributed by atoms with Crippen molar-refractivity contribution in [3.05, 3.63) is 0 Å². The summed E-state index contributed by atoms with van der Waals surface area (Å²) in [6.07, 6.45) is 69.1. The Morgan fingerprint density at radius 2 is 0.570 bits per heavy atom. The lowest BCUT2D eigenvalue weighted by Gasteiger charge is -2.33. The number of hydrogen-bond acceptors (Lipinski definition) is 14. The van der Waals surface area contributed by atoms with Gasteiger partial charge < -0.3 is 61.3 Å². The van der Waals surface area contributed by atoms with Gasteiger partial charge in [0.25, 0.3) is 0 Å². The lowest BCUT2D eigenvalue weighted by atomic mass is 9.79. The molecule has 17 atom stereocenters. The molecule has 890 valence electrons. The fourth-order valence-corrected chi connectivity index (χ4v) is 25.6. The highest BCUT2D eigenvalue weighted by Gasteiger charge is 2.39. The van der Waals surface area contributed by atoms with Crippen molar-refractivity contribution in [3.63, 3.8) is 0 Å².